The molecule has 0 saturated heterocycles. The summed E-state index contributed by atoms with van der Waals surface area (Å²) < 4.78 is 30.7. The average molecular weight is 325 g/mol. The molecule has 3 rings (SSSR count). The molecule has 108 valence electrons. The molecular weight excluding hydrogens is 316 g/mol. The van der Waals surface area contributed by atoms with Gasteiger partial charge in [0, 0.05) is 10.7 Å². The summed E-state index contributed by atoms with van der Waals surface area (Å²) in [5, 5.41) is 0.296. The molecule has 21 heavy (non-hydrogen) atoms. The van der Waals surface area contributed by atoms with Crippen molar-refractivity contribution < 1.29 is 12.8 Å². The fourth-order valence-corrected chi connectivity index (χ4v) is 3.43. The number of benzene rings is 2. The smallest absolute Gasteiger partial charge is 0.407 e. The van der Waals surface area contributed by atoms with Gasteiger partial charge in [0.15, 0.2) is 5.58 Å². The van der Waals surface area contributed by atoms with Gasteiger partial charge in [0.2, 0.25) is 0 Å². The maximum Gasteiger partial charge on any atom is 0.434 e. The highest BCUT2D eigenvalue weighted by Gasteiger charge is 2.24. The van der Waals surface area contributed by atoms with E-state index in [1.54, 1.807) is 0 Å². The summed E-state index contributed by atoms with van der Waals surface area (Å²) >= 11 is 5.85. The van der Waals surface area contributed by atoms with E-state index in [4.69, 9.17) is 21.8 Å². The third kappa shape index (κ3) is 2.20. The summed E-state index contributed by atoms with van der Waals surface area (Å²) in [6.07, 6.45) is 0. The van der Waals surface area contributed by atoms with Gasteiger partial charge in [0.25, 0.3) is 10.0 Å². The standard InChI is InChI=1S/C13H9ClN2O4S/c14-8-1-6-12-11(7-8)16(13(17)20-12)21(18,19)10-4-2-9(15)3-5-10/h1-7H,15H2. The molecule has 8 heteroatoms. The Kier molecular flexibility index (Phi) is 3.03. The lowest BCUT2D eigenvalue weighted by atomic mass is 10.3. The molecule has 0 bridgehead atoms. The van der Waals surface area contributed by atoms with Gasteiger partial charge >= 0.3 is 5.76 Å². The highest BCUT2D eigenvalue weighted by Crippen LogP contribution is 2.23. The van der Waals surface area contributed by atoms with Crippen molar-refractivity contribution in [2.45, 2.75) is 4.90 Å². The molecule has 0 spiro atoms. The van der Waals surface area contributed by atoms with Crippen LogP contribution in [0.1, 0.15) is 0 Å². The van der Waals surface area contributed by atoms with E-state index in [1.807, 2.05) is 0 Å². The third-order valence-electron chi connectivity index (χ3n) is 2.92. The van der Waals surface area contributed by atoms with Crippen molar-refractivity contribution in [2.24, 2.45) is 0 Å². The number of aromatic nitrogens is 1. The second kappa shape index (κ2) is 4.64. The topological polar surface area (TPSA) is 95.3 Å². The van der Waals surface area contributed by atoms with Crippen molar-refractivity contribution >= 4 is 38.4 Å². The van der Waals surface area contributed by atoms with Crippen LogP contribution in [0.15, 0.2) is 56.6 Å². The fraction of sp³-hybridized carbons (Fsp3) is 0. The number of halogens is 1. The van der Waals surface area contributed by atoms with E-state index in [-0.39, 0.29) is 16.0 Å². The summed E-state index contributed by atoms with van der Waals surface area (Å²) in [6.45, 7) is 0. The fourth-order valence-electron chi connectivity index (χ4n) is 1.94. The largest absolute Gasteiger partial charge is 0.434 e. The number of hydrogen-bond donors (Lipinski definition) is 1. The number of oxazole rings is 1. The Morgan fingerprint density at radius 2 is 1.76 bits per heavy atom. The molecule has 0 atom stereocenters. The molecule has 2 aromatic carbocycles. The summed E-state index contributed by atoms with van der Waals surface area (Å²) in [5.41, 5.74) is 6.18. The molecule has 0 fully saturated rings. The molecule has 1 heterocycles. The molecule has 0 aliphatic rings. The Balaban J connectivity index is 2.33. The van der Waals surface area contributed by atoms with Crippen molar-refractivity contribution in [3.05, 3.63) is 58.0 Å². The van der Waals surface area contributed by atoms with E-state index in [0.717, 1.165) is 0 Å². The minimum Gasteiger partial charge on any atom is -0.407 e. The van der Waals surface area contributed by atoms with Crippen molar-refractivity contribution in [1.82, 2.24) is 3.97 Å². The number of anilines is 1. The zero-order chi connectivity index (χ0) is 15.2. The maximum absolute atomic E-state index is 12.6. The molecular formula is C13H9ClN2O4S. The zero-order valence-electron chi connectivity index (χ0n) is 10.5. The quantitative estimate of drug-likeness (QED) is 0.728. The average Bonchev–Trinajstić information content (AvgIpc) is 2.75. The molecule has 0 aliphatic heterocycles. The Morgan fingerprint density at radius 1 is 1.10 bits per heavy atom. The lowest BCUT2D eigenvalue weighted by Crippen LogP contribution is -2.23. The van der Waals surface area contributed by atoms with Crippen LogP contribution >= 0.6 is 11.6 Å². The Hall–Kier alpha value is -2.25. The van der Waals surface area contributed by atoms with Crippen LogP contribution < -0.4 is 11.5 Å². The van der Waals surface area contributed by atoms with Crippen molar-refractivity contribution in [1.29, 1.82) is 0 Å². The predicted octanol–water partition coefficient (Wildman–Crippen LogP) is 2.07. The van der Waals surface area contributed by atoms with Crippen LogP contribution in [-0.4, -0.2) is 12.4 Å². The highest BCUT2D eigenvalue weighted by molar-refractivity contribution is 7.90. The minimum absolute atomic E-state index is 0.0681. The van der Waals surface area contributed by atoms with Crippen LogP contribution in [0.5, 0.6) is 0 Å². The lowest BCUT2D eigenvalue weighted by Gasteiger charge is -2.05. The Morgan fingerprint density at radius 3 is 2.43 bits per heavy atom. The third-order valence-corrected chi connectivity index (χ3v) is 4.85. The molecule has 0 saturated carbocycles. The molecule has 0 amide bonds. The summed E-state index contributed by atoms with van der Waals surface area (Å²) in [4.78, 5) is 11.8. The Bertz CT molecular complexity index is 987. The number of nitrogens with zero attached hydrogens (tertiary/aromatic N) is 1. The number of nitrogens with two attached hydrogens (primary N) is 1. The van der Waals surface area contributed by atoms with Crippen LogP contribution in [0, 0.1) is 0 Å². The van der Waals surface area contributed by atoms with Crippen molar-refractivity contribution in [2.75, 3.05) is 5.73 Å². The van der Waals surface area contributed by atoms with E-state index < -0.39 is 15.8 Å². The van der Waals surface area contributed by atoms with Crippen LogP contribution in [-0.2, 0) is 10.0 Å². The lowest BCUT2D eigenvalue weighted by molar-refractivity contribution is 0.534. The Labute approximate surface area is 124 Å². The number of hydrogen-bond acceptors (Lipinski definition) is 5. The minimum atomic E-state index is -4.09. The van der Waals surface area contributed by atoms with Crippen molar-refractivity contribution in [3.63, 3.8) is 0 Å². The molecule has 3 aromatic rings. The van der Waals surface area contributed by atoms with Gasteiger partial charge in [-0.1, -0.05) is 11.6 Å². The van der Waals surface area contributed by atoms with Crippen LogP contribution in [0.25, 0.3) is 11.1 Å². The van der Waals surface area contributed by atoms with Gasteiger partial charge in [-0.25, -0.2) is 13.2 Å². The van der Waals surface area contributed by atoms with Gasteiger partial charge in [-0.05, 0) is 42.5 Å². The second-order valence-electron chi connectivity index (χ2n) is 4.32. The zero-order valence-corrected chi connectivity index (χ0v) is 12.1. The van der Waals surface area contributed by atoms with E-state index in [9.17, 15) is 13.2 Å². The summed E-state index contributed by atoms with van der Waals surface area (Å²) in [6, 6.07) is 9.82. The molecule has 0 aliphatic carbocycles. The molecule has 6 nitrogen and oxygen atoms in total. The first-order chi connectivity index (χ1) is 9.89. The van der Waals surface area contributed by atoms with Gasteiger partial charge in [-0.2, -0.15) is 3.97 Å². The van der Waals surface area contributed by atoms with E-state index in [0.29, 0.717) is 14.7 Å². The van der Waals surface area contributed by atoms with Gasteiger partial charge in [-0.15, -0.1) is 0 Å². The molecule has 0 unspecified atom stereocenters. The van der Waals surface area contributed by atoms with Gasteiger partial charge in [0.05, 0.1) is 4.90 Å². The monoisotopic (exact) mass is 324 g/mol. The van der Waals surface area contributed by atoms with Crippen LogP contribution in [0.3, 0.4) is 0 Å². The highest BCUT2D eigenvalue weighted by atomic mass is 35.5. The van der Waals surface area contributed by atoms with Crippen LogP contribution in [0.2, 0.25) is 5.02 Å². The number of nitrogen functional groups attached to an aromatic ring is 1. The van der Waals surface area contributed by atoms with Crippen LogP contribution in [0.4, 0.5) is 5.69 Å². The molecule has 1 aromatic heterocycles. The predicted molar refractivity (Wildman–Crippen MR) is 78.9 cm³/mol. The second-order valence-corrected chi connectivity index (χ2v) is 6.54. The molecule has 0 radical (unpaired) electrons. The van der Waals surface area contributed by atoms with Gasteiger partial charge in [-0.3, -0.25) is 0 Å². The molecule has 2 N–H and O–H groups in total. The van der Waals surface area contributed by atoms with Gasteiger partial charge < -0.3 is 10.2 Å². The van der Waals surface area contributed by atoms with E-state index in [1.165, 1.54) is 42.5 Å². The maximum atomic E-state index is 12.6. The van der Waals surface area contributed by atoms with E-state index >= 15 is 0 Å². The summed E-state index contributed by atoms with van der Waals surface area (Å²) in [7, 11) is -4.09. The SMILES string of the molecule is Nc1ccc(S(=O)(=O)n2c(=O)oc3ccc(Cl)cc32)cc1. The first-order valence-electron chi connectivity index (χ1n) is 5.82. The first kappa shape index (κ1) is 13.7. The number of rotatable bonds is 2. The normalized spacial score (nSPS) is 11.9. The van der Waals surface area contributed by atoms with Gasteiger partial charge in [0.1, 0.15) is 5.52 Å². The van der Waals surface area contributed by atoms with Crippen molar-refractivity contribution in [3.8, 4) is 0 Å². The number of fused-ring (bicyclic) bond motifs is 1. The van der Waals surface area contributed by atoms with E-state index in [2.05, 4.69) is 0 Å². The first-order valence-corrected chi connectivity index (χ1v) is 7.63. The summed E-state index contributed by atoms with van der Waals surface area (Å²) in [5.74, 6) is -0.996.